The van der Waals surface area contributed by atoms with Crippen LogP contribution in [0.1, 0.15) is 20.3 Å². The number of nitrogens with two attached hydrogens (primary N) is 1. The van der Waals surface area contributed by atoms with Crippen molar-refractivity contribution in [3.63, 3.8) is 0 Å². The van der Waals surface area contributed by atoms with Crippen molar-refractivity contribution >= 4 is 11.0 Å². The van der Waals surface area contributed by atoms with Crippen LogP contribution in [0.4, 0.5) is 0 Å². The molecule has 2 aromatic rings. The third-order valence-corrected chi connectivity index (χ3v) is 2.91. The second kappa shape index (κ2) is 5.30. The minimum atomic E-state index is -0.0241. The number of hydrogen-bond donors (Lipinski definition) is 1. The molecule has 2 N–H and O–H groups in total. The molecule has 98 valence electrons. The van der Waals surface area contributed by atoms with Gasteiger partial charge in [-0.25, -0.2) is 9.67 Å². The van der Waals surface area contributed by atoms with E-state index in [9.17, 15) is 4.79 Å². The molecule has 6 heteroatoms. The van der Waals surface area contributed by atoms with Crippen molar-refractivity contribution < 1.29 is 0 Å². The molecular weight excluding hydrogens is 230 g/mol. The lowest BCUT2D eigenvalue weighted by Gasteiger charge is -2.07. The monoisotopic (exact) mass is 249 g/mol. The zero-order chi connectivity index (χ0) is 13.1. The van der Waals surface area contributed by atoms with Crippen molar-refractivity contribution in [2.75, 3.05) is 6.54 Å². The molecule has 0 saturated carbocycles. The summed E-state index contributed by atoms with van der Waals surface area (Å²) in [5.74, 6) is 0.563. The smallest absolute Gasteiger partial charge is 0.264 e. The van der Waals surface area contributed by atoms with E-state index in [1.54, 1.807) is 21.8 Å². The molecule has 0 atom stereocenters. The average Bonchev–Trinajstić information content (AvgIpc) is 2.73. The number of rotatable bonds is 5. The van der Waals surface area contributed by atoms with Gasteiger partial charge >= 0.3 is 0 Å². The molecule has 0 radical (unpaired) electrons. The van der Waals surface area contributed by atoms with Crippen LogP contribution in [0.3, 0.4) is 0 Å². The molecule has 0 aliphatic rings. The van der Waals surface area contributed by atoms with Crippen molar-refractivity contribution in [2.24, 2.45) is 11.7 Å². The molecule has 6 nitrogen and oxygen atoms in total. The molecule has 0 spiro atoms. The molecule has 18 heavy (non-hydrogen) atoms. The van der Waals surface area contributed by atoms with Gasteiger partial charge in [-0.2, -0.15) is 5.10 Å². The summed E-state index contributed by atoms with van der Waals surface area (Å²) in [4.78, 5) is 16.5. The van der Waals surface area contributed by atoms with Crippen molar-refractivity contribution in [1.82, 2.24) is 19.3 Å². The van der Waals surface area contributed by atoms with Crippen molar-refractivity contribution in [3.8, 4) is 0 Å². The first-order chi connectivity index (χ1) is 8.63. The summed E-state index contributed by atoms with van der Waals surface area (Å²) in [5.41, 5.74) is 6.08. The fourth-order valence-corrected chi connectivity index (χ4v) is 1.84. The Labute approximate surface area is 105 Å². The molecule has 0 bridgehead atoms. The summed E-state index contributed by atoms with van der Waals surface area (Å²) in [6.45, 7) is 6.02. The van der Waals surface area contributed by atoms with Crippen LogP contribution in [-0.4, -0.2) is 25.9 Å². The fourth-order valence-electron chi connectivity index (χ4n) is 1.84. The van der Waals surface area contributed by atoms with Crippen LogP contribution >= 0.6 is 0 Å². The van der Waals surface area contributed by atoms with E-state index in [4.69, 9.17) is 5.73 Å². The summed E-state index contributed by atoms with van der Waals surface area (Å²) >= 11 is 0. The summed E-state index contributed by atoms with van der Waals surface area (Å²) in [6, 6.07) is 0. The molecule has 0 unspecified atom stereocenters. The Bertz CT molecular complexity index is 584. The van der Waals surface area contributed by atoms with Gasteiger partial charge in [-0.15, -0.1) is 0 Å². The third-order valence-electron chi connectivity index (χ3n) is 2.91. The number of nitrogens with zero attached hydrogens (tertiary/aromatic N) is 4. The highest BCUT2D eigenvalue weighted by Crippen LogP contribution is 2.06. The molecular formula is C12H19N5O. The SMILES string of the molecule is CC(C)CCn1cnc2c(cnn2CCN)c1=O. The minimum Gasteiger partial charge on any atom is -0.329 e. The molecule has 0 aliphatic carbocycles. The zero-order valence-corrected chi connectivity index (χ0v) is 10.8. The lowest BCUT2D eigenvalue weighted by molar-refractivity contribution is 0.505. The van der Waals surface area contributed by atoms with E-state index < -0.39 is 0 Å². The number of hydrogen-bond acceptors (Lipinski definition) is 4. The maximum Gasteiger partial charge on any atom is 0.264 e. The zero-order valence-electron chi connectivity index (χ0n) is 10.8. The van der Waals surface area contributed by atoms with Gasteiger partial charge in [-0.05, 0) is 12.3 Å². The van der Waals surface area contributed by atoms with E-state index in [-0.39, 0.29) is 5.56 Å². The highest BCUT2D eigenvalue weighted by Gasteiger charge is 2.09. The summed E-state index contributed by atoms with van der Waals surface area (Å²) in [7, 11) is 0. The van der Waals surface area contributed by atoms with E-state index in [2.05, 4.69) is 23.9 Å². The Morgan fingerprint density at radius 3 is 2.83 bits per heavy atom. The van der Waals surface area contributed by atoms with Gasteiger partial charge in [-0.1, -0.05) is 13.8 Å². The van der Waals surface area contributed by atoms with Gasteiger partial charge in [-0.3, -0.25) is 9.36 Å². The maximum absolute atomic E-state index is 12.2. The van der Waals surface area contributed by atoms with E-state index in [1.807, 2.05) is 0 Å². The second-order valence-electron chi connectivity index (χ2n) is 4.82. The predicted molar refractivity (Wildman–Crippen MR) is 70.3 cm³/mol. The van der Waals surface area contributed by atoms with Gasteiger partial charge in [0.15, 0.2) is 5.65 Å². The first-order valence-electron chi connectivity index (χ1n) is 6.24. The highest BCUT2D eigenvalue weighted by molar-refractivity contribution is 5.72. The summed E-state index contributed by atoms with van der Waals surface area (Å²) in [6.07, 6.45) is 4.14. The van der Waals surface area contributed by atoms with Crippen LogP contribution in [0.2, 0.25) is 0 Å². The lowest BCUT2D eigenvalue weighted by Crippen LogP contribution is -2.21. The van der Waals surface area contributed by atoms with Crippen LogP contribution in [0.15, 0.2) is 17.3 Å². The topological polar surface area (TPSA) is 78.7 Å². The Balaban J connectivity index is 2.36. The van der Waals surface area contributed by atoms with Gasteiger partial charge in [0.05, 0.1) is 19.1 Å². The van der Waals surface area contributed by atoms with Gasteiger partial charge in [0.1, 0.15) is 5.39 Å². The predicted octanol–water partition coefficient (Wildman–Crippen LogP) is 0.598. The molecule has 2 heterocycles. The Morgan fingerprint density at radius 1 is 1.39 bits per heavy atom. The Hall–Kier alpha value is -1.69. The maximum atomic E-state index is 12.2. The van der Waals surface area contributed by atoms with Crippen molar-refractivity contribution in [1.29, 1.82) is 0 Å². The Morgan fingerprint density at radius 2 is 2.17 bits per heavy atom. The first kappa shape index (κ1) is 12.8. The molecule has 2 aromatic heterocycles. The van der Waals surface area contributed by atoms with E-state index in [1.165, 1.54) is 0 Å². The molecule has 0 aliphatic heterocycles. The van der Waals surface area contributed by atoms with E-state index >= 15 is 0 Å². The largest absolute Gasteiger partial charge is 0.329 e. The van der Waals surface area contributed by atoms with Gasteiger partial charge < -0.3 is 5.73 Å². The Kier molecular flexibility index (Phi) is 3.76. The molecule has 0 saturated heterocycles. The van der Waals surface area contributed by atoms with Crippen LogP contribution in [-0.2, 0) is 13.1 Å². The van der Waals surface area contributed by atoms with Crippen LogP contribution in [0, 0.1) is 5.92 Å². The van der Waals surface area contributed by atoms with Crippen LogP contribution < -0.4 is 11.3 Å². The lowest BCUT2D eigenvalue weighted by atomic mass is 10.1. The quantitative estimate of drug-likeness (QED) is 0.841. The average molecular weight is 249 g/mol. The molecule has 0 fully saturated rings. The normalized spacial score (nSPS) is 11.6. The van der Waals surface area contributed by atoms with Crippen molar-refractivity contribution in [3.05, 3.63) is 22.9 Å². The van der Waals surface area contributed by atoms with Gasteiger partial charge in [0.2, 0.25) is 0 Å². The summed E-state index contributed by atoms with van der Waals surface area (Å²) < 4.78 is 3.32. The standard InChI is InChI=1S/C12H19N5O/c1-9(2)3-5-16-8-14-11-10(12(16)18)7-15-17(11)6-4-13/h7-9H,3-6,13H2,1-2H3. The highest BCUT2D eigenvalue weighted by atomic mass is 16.1. The van der Waals surface area contributed by atoms with Crippen LogP contribution in [0.25, 0.3) is 11.0 Å². The molecule has 0 amide bonds. The van der Waals surface area contributed by atoms with E-state index in [0.29, 0.717) is 36.6 Å². The van der Waals surface area contributed by atoms with Crippen LogP contribution in [0.5, 0.6) is 0 Å². The summed E-state index contributed by atoms with van der Waals surface area (Å²) in [5, 5.41) is 4.71. The number of aromatic nitrogens is 4. The van der Waals surface area contributed by atoms with E-state index in [0.717, 1.165) is 6.42 Å². The fraction of sp³-hybridized carbons (Fsp3) is 0.583. The molecule has 2 rings (SSSR count). The van der Waals surface area contributed by atoms with Crippen molar-refractivity contribution in [2.45, 2.75) is 33.4 Å². The first-order valence-corrected chi connectivity index (χ1v) is 6.24. The minimum absolute atomic E-state index is 0.0241. The third kappa shape index (κ3) is 2.43. The number of fused-ring (bicyclic) bond motifs is 1. The number of aryl methyl sites for hydroxylation is 1. The molecule has 0 aromatic carbocycles. The van der Waals surface area contributed by atoms with Gasteiger partial charge in [0, 0.05) is 13.1 Å². The second-order valence-corrected chi connectivity index (χ2v) is 4.82. The van der Waals surface area contributed by atoms with Gasteiger partial charge in [0.25, 0.3) is 5.56 Å².